The molecule has 0 unspecified atom stereocenters. The highest BCUT2D eigenvalue weighted by molar-refractivity contribution is 6.61. The van der Waals surface area contributed by atoms with Crippen LogP contribution in [0.1, 0.15) is 30.4 Å². The van der Waals surface area contributed by atoms with E-state index in [-0.39, 0.29) is 0 Å². The topological polar surface area (TPSA) is 56.5 Å². The Bertz CT molecular complexity index is 449. The number of aliphatic hydroxyl groups is 1. The Hall–Kier alpha value is -0.845. The zero-order chi connectivity index (χ0) is 14.4. The quantitative estimate of drug-likeness (QED) is 0.765. The monoisotopic (exact) mass is 240 g/mol. The van der Waals surface area contributed by atoms with Crippen molar-refractivity contribution in [1.29, 1.82) is 0 Å². The number of aliphatic hydroxyl groups excluding tert-OH is 1. The van der Waals surface area contributed by atoms with Crippen LogP contribution in [-0.2, 0) is 15.8 Å². The van der Waals surface area contributed by atoms with E-state index in [1.165, 1.54) is 10.9 Å². The number of aryl methyl sites for hydroxylation is 1. The minimum Gasteiger partial charge on any atom is -0.399 e. The molecule has 6 heteroatoms. The van der Waals surface area contributed by atoms with Crippen molar-refractivity contribution in [2.45, 2.75) is 45.4 Å². The van der Waals surface area contributed by atoms with Crippen LogP contribution in [0.5, 0.6) is 0 Å². The van der Waals surface area contributed by atoms with Crippen LogP contribution in [0.25, 0.3) is 0 Å². The van der Waals surface area contributed by atoms with Crippen LogP contribution >= 0.6 is 0 Å². The van der Waals surface area contributed by atoms with E-state index in [0.717, 1.165) is 0 Å². The van der Waals surface area contributed by atoms with Crippen LogP contribution in [0.3, 0.4) is 0 Å². The van der Waals surface area contributed by atoms with Crippen LogP contribution in [0.15, 0.2) is 12.4 Å². The molecule has 0 saturated carbocycles. The molecule has 0 amide bonds. The molecule has 1 saturated heterocycles. The SMILES string of the molecule is [2H][C@H]([C@@H]([2H])O)n1cc(B2OC(C)(C)C(C)(C)O2)cn1. The third-order valence-electron chi connectivity index (χ3n) is 3.37. The van der Waals surface area contributed by atoms with Crippen molar-refractivity contribution in [1.82, 2.24) is 9.78 Å². The lowest BCUT2D eigenvalue weighted by atomic mass is 9.82. The number of hydrogen-bond donors (Lipinski definition) is 1. The molecule has 2 rings (SSSR count). The van der Waals surface area contributed by atoms with Crippen LogP contribution < -0.4 is 5.46 Å². The zero-order valence-electron chi connectivity index (χ0n) is 12.5. The third-order valence-corrected chi connectivity index (χ3v) is 3.37. The van der Waals surface area contributed by atoms with Gasteiger partial charge in [0.2, 0.25) is 0 Å². The fourth-order valence-corrected chi connectivity index (χ4v) is 1.60. The Morgan fingerprint density at radius 2 is 2.00 bits per heavy atom. The fraction of sp³-hybridized carbons (Fsp3) is 0.727. The summed E-state index contributed by atoms with van der Waals surface area (Å²) in [6, 6.07) is 0. The van der Waals surface area contributed by atoms with E-state index < -0.39 is 31.4 Å². The summed E-state index contributed by atoms with van der Waals surface area (Å²) >= 11 is 0. The molecule has 1 aromatic rings. The molecule has 1 aromatic heterocycles. The Labute approximate surface area is 105 Å². The number of aromatic nitrogens is 2. The average Bonchev–Trinajstić information content (AvgIpc) is 2.81. The Morgan fingerprint density at radius 1 is 1.41 bits per heavy atom. The lowest BCUT2D eigenvalue weighted by molar-refractivity contribution is 0.00578. The Balaban J connectivity index is 2.17. The van der Waals surface area contributed by atoms with E-state index in [4.69, 9.17) is 17.2 Å². The molecule has 0 spiro atoms. The molecule has 5 nitrogen and oxygen atoms in total. The molecular weight excluding hydrogens is 219 g/mol. The minimum absolute atomic E-state index is 0.435. The molecule has 0 bridgehead atoms. The summed E-state index contributed by atoms with van der Waals surface area (Å²) in [6.07, 6.45) is 3.10. The van der Waals surface area contributed by atoms with Gasteiger partial charge in [-0.15, -0.1) is 0 Å². The van der Waals surface area contributed by atoms with Gasteiger partial charge in [-0.1, -0.05) is 0 Å². The van der Waals surface area contributed by atoms with Crippen molar-refractivity contribution in [3.63, 3.8) is 0 Å². The first-order chi connectivity index (χ1) is 8.64. The largest absolute Gasteiger partial charge is 0.498 e. The fourth-order valence-electron chi connectivity index (χ4n) is 1.60. The average molecular weight is 240 g/mol. The van der Waals surface area contributed by atoms with E-state index in [0.29, 0.717) is 5.46 Å². The van der Waals surface area contributed by atoms with Crippen molar-refractivity contribution in [2.75, 3.05) is 6.58 Å². The molecule has 0 aromatic carbocycles. The summed E-state index contributed by atoms with van der Waals surface area (Å²) in [7, 11) is -0.547. The van der Waals surface area contributed by atoms with Crippen LogP contribution in [0.4, 0.5) is 0 Å². The molecule has 0 radical (unpaired) electrons. The lowest BCUT2D eigenvalue weighted by Crippen LogP contribution is -2.41. The highest BCUT2D eigenvalue weighted by Gasteiger charge is 2.52. The van der Waals surface area contributed by atoms with Crippen molar-refractivity contribution in [3.05, 3.63) is 12.4 Å². The summed E-state index contributed by atoms with van der Waals surface area (Å²) < 4.78 is 27.6. The van der Waals surface area contributed by atoms with Gasteiger partial charge in [0.05, 0.1) is 27.0 Å². The maximum absolute atomic E-state index is 9.07. The van der Waals surface area contributed by atoms with E-state index >= 15 is 0 Å². The Kier molecular flexibility index (Phi) is 2.45. The first kappa shape index (κ1) is 10.1. The van der Waals surface area contributed by atoms with E-state index in [9.17, 15) is 0 Å². The molecule has 17 heavy (non-hydrogen) atoms. The molecule has 1 fully saturated rings. The highest BCUT2D eigenvalue weighted by atomic mass is 16.7. The van der Waals surface area contributed by atoms with E-state index in [1.807, 2.05) is 27.7 Å². The highest BCUT2D eigenvalue weighted by Crippen LogP contribution is 2.36. The molecule has 2 heterocycles. The van der Waals surface area contributed by atoms with E-state index in [2.05, 4.69) is 5.10 Å². The number of rotatable bonds is 3. The predicted molar refractivity (Wildman–Crippen MR) is 65.0 cm³/mol. The molecule has 1 aliphatic heterocycles. The van der Waals surface area contributed by atoms with Gasteiger partial charge >= 0.3 is 7.12 Å². The van der Waals surface area contributed by atoms with Crippen LogP contribution in [0.2, 0.25) is 0 Å². The first-order valence-electron chi connectivity index (χ1n) is 6.72. The van der Waals surface area contributed by atoms with Gasteiger partial charge in [-0.25, -0.2) is 0 Å². The predicted octanol–water partition coefficient (Wildman–Crippen LogP) is 0.175. The third kappa shape index (κ3) is 2.25. The van der Waals surface area contributed by atoms with Crippen molar-refractivity contribution >= 4 is 12.6 Å². The molecule has 0 aliphatic carbocycles. The second-order valence-corrected chi connectivity index (χ2v) is 5.14. The maximum atomic E-state index is 9.07. The summed E-state index contributed by atoms with van der Waals surface area (Å²) in [5, 5.41) is 13.0. The summed E-state index contributed by atoms with van der Waals surface area (Å²) in [5.41, 5.74) is -0.194. The molecule has 94 valence electrons. The summed E-state index contributed by atoms with van der Waals surface area (Å²) in [4.78, 5) is 0. The van der Waals surface area contributed by atoms with Gasteiger partial charge in [-0.2, -0.15) is 5.10 Å². The first-order valence-corrected chi connectivity index (χ1v) is 5.56. The van der Waals surface area contributed by atoms with Gasteiger partial charge < -0.3 is 14.4 Å². The van der Waals surface area contributed by atoms with Crippen molar-refractivity contribution < 1.29 is 17.2 Å². The molecule has 1 aliphatic rings. The van der Waals surface area contributed by atoms with Crippen molar-refractivity contribution in [3.8, 4) is 0 Å². The lowest BCUT2D eigenvalue weighted by Gasteiger charge is -2.32. The van der Waals surface area contributed by atoms with Gasteiger partial charge in [-0.05, 0) is 27.7 Å². The van der Waals surface area contributed by atoms with Gasteiger partial charge in [0.25, 0.3) is 0 Å². The summed E-state index contributed by atoms with van der Waals surface area (Å²) in [5.74, 6) is 0. The molecular formula is C11H19BN2O3. The second kappa shape index (κ2) is 4.12. The number of hydrogen-bond acceptors (Lipinski definition) is 4. The van der Waals surface area contributed by atoms with Crippen molar-refractivity contribution in [2.24, 2.45) is 0 Å². The normalized spacial score (nSPS) is 27.5. The smallest absolute Gasteiger partial charge is 0.399 e. The maximum Gasteiger partial charge on any atom is 0.498 e. The van der Waals surface area contributed by atoms with Crippen LogP contribution in [0, 0.1) is 0 Å². The number of nitrogens with zero attached hydrogens (tertiary/aromatic N) is 2. The van der Waals surface area contributed by atoms with E-state index in [1.54, 1.807) is 6.20 Å². The van der Waals surface area contributed by atoms with Gasteiger partial charge in [0, 0.05) is 17.9 Å². The molecule has 2 atom stereocenters. The van der Waals surface area contributed by atoms with Gasteiger partial charge in [-0.3, -0.25) is 4.68 Å². The Morgan fingerprint density at radius 3 is 2.53 bits per heavy atom. The standard InChI is InChI=1S/C11H19BN2O3/c1-10(2)11(3,4)17-12(16-10)9-7-13-14(8-9)5-6-15/h7-8,15H,5-6H2,1-4H3/i5D,6D/t5-,6-/m1/s1. The van der Waals surface area contributed by atoms with Crippen LogP contribution in [-0.4, -0.2) is 39.8 Å². The zero-order valence-corrected chi connectivity index (χ0v) is 10.5. The second-order valence-electron chi connectivity index (χ2n) is 5.14. The van der Waals surface area contributed by atoms with Gasteiger partial charge in [0.15, 0.2) is 0 Å². The summed E-state index contributed by atoms with van der Waals surface area (Å²) in [6.45, 7) is 5.13. The molecule has 1 N–H and O–H groups in total. The van der Waals surface area contributed by atoms with Gasteiger partial charge in [0.1, 0.15) is 0 Å². The minimum atomic E-state index is -1.54.